The summed E-state index contributed by atoms with van der Waals surface area (Å²) in [5.41, 5.74) is 9.04. The smallest absolute Gasteiger partial charge is 0.193 e. The molecule has 0 spiro atoms. The summed E-state index contributed by atoms with van der Waals surface area (Å²) in [5, 5.41) is 0. The van der Waals surface area contributed by atoms with E-state index in [2.05, 4.69) is 0 Å². The van der Waals surface area contributed by atoms with Gasteiger partial charge in [-0.25, -0.2) is 0 Å². The van der Waals surface area contributed by atoms with Gasteiger partial charge < -0.3 is 5.73 Å². The van der Waals surface area contributed by atoms with E-state index in [1.807, 2.05) is 18.2 Å². The maximum Gasteiger partial charge on any atom is 0.193 e. The minimum absolute atomic E-state index is 0.00407. The number of nitrogens with one attached hydrogen (secondary N) is 1. The molecule has 0 amide bonds. The third-order valence-electron chi connectivity index (χ3n) is 2.18. The van der Waals surface area contributed by atoms with Gasteiger partial charge in [0, 0.05) is 11.1 Å². The van der Waals surface area contributed by atoms with Crippen molar-refractivity contribution in [2.24, 2.45) is 0 Å². The van der Waals surface area contributed by atoms with Gasteiger partial charge in [0.2, 0.25) is 0 Å². The topological polar surface area (TPSA) is 40.9 Å². The standard InChI is InChI=1S/C13H10NO/c14-12-8-6-11(7-9-12)13(15)10-4-2-1-3-5-10/h1-9,14H. The molecule has 2 nitrogen and oxygen atoms in total. The maximum absolute atomic E-state index is 11.9. The fourth-order valence-corrected chi connectivity index (χ4v) is 1.38. The predicted molar refractivity (Wildman–Crippen MR) is 59.1 cm³/mol. The number of carbonyl (C=O) groups is 1. The molecule has 73 valence electrons. The lowest BCUT2D eigenvalue weighted by molar-refractivity contribution is 0.103. The van der Waals surface area contributed by atoms with Gasteiger partial charge in [0.15, 0.2) is 5.78 Å². The average molecular weight is 196 g/mol. The summed E-state index contributed by atoms with van der Waals surface area (Å²) in [6.45, 7) is 0. The molecule has 2 heteroatoms. The van der Waals surface area contributed by atoms with Crippen LogP contribution in [0.4, 0.5) is 5.69 Å². The Hall–Kier alpha value is -2.09. The monoisotopic (exact) mass is 196 g/mol. The Kier molecular flexibility index (Phi) is 2.50. The van der Waals surface area contributed by atoms with E-state index in [1.165, 1.54) is 0 Å². The second kappa shape index (κ2) is 3.96. The largest absolute Gasteiger partial charge is 0.301 e. The number of benzene rings is 2. The van der Waals surface area contributed by atoms with Crippen molar-refractivity contribution < 1.29 is 4.79 Å². The van der Waals surface area contributed by atoms with Gasteiger partial charge in [0.25, 0.3) is 0 Å². The van der Waals surface area contributed by atoms with Gasteiger partial charge in [-0.15, -0.1) is 0 Å². The van der Waals surface area contributed by atoms with Crippen LogP contribution in [0.2, 0.25) is 0 Å². The summed E-state index contributed by atoms with van der Waals surface area (Å²) < 4.78 is 0. The summed E-state index contributed by atoms with van der Waals surface area (Å²) in [6, 6.07) is 15.7. The Morgan fingerprint density at radius 1 is 0.800 bits per heavy atom. The van der Waals surface area contributed by atoms with Crippen molar-refractivity contribution in [3.05, 3.63) is 65.7 Å². The van der Waals surface area contributed by atoms with E-state index in [0.717, 1.165) is 0 Å². The van der Waals surface area contributed by atoms with Gasteiger partial charge in [-0.2, -0.15) is 0 Å². The Bertz CT molecular complexity index is 460. The van der Waals surface area contributed by atoms with Gasteiger partial charge in [0.1, 0.15) is 0 Å². The first kappa shape index (κ1) is 9.46. The lowest BCUT2D eigenvalue weighted by Crippen LogP contribution is -2.00. The summed E-state index contributed by atoms with van der Waals surface area (Å²) in [6.07, 6.45) is 0. The molecule has 2 rings (SSSR count). The molecule has 0 fully saturated rings. The van der Waals surface area contributed by atoms with Crippen LogP contribution in [0.25, 0.3) is 0 Å². The van der Waals surface area contributed by atoms with E-state index >= 15 is 0 Å². The summed E-state index contributed by atoms with van der Waals surface area (Å²) in [7, 11) is 0. The highest BCUT2D eigenvalue weighted by Crippen LogP contribution is 2.12. The number of hydrogen-bond donors (Lipinski definition) is 0. The molecule has 1 radical (unpaired) electrons. The van der Waals surface area contributed by atoms with E-state index < -0.39 is 0 Å². The predicted octanol–water partition coefficient (Wildman–Crippen LogP) is 2.83. The van der Waals surface area contributed by atoms with Gasteiger partial charge >= 0.3 is 0 Å². The lowest BCUT2D eigenvalue weighted by Gasteiger charge is -2.00. The minimum atomic E-state index is -0.00407. The highest BCUT2D eigenvalue weighted by Gasteiger charge is 2.07. The van der Waals surface area contributed by atoms with Gasteiger partial charge in [-0.05, 0) is 24.3 Å². The lowest BCUT2D eigenvalue weighted by atomic mass is 10.0. The second-order valence-corrected chi connectivity index (χ2v) is 3.27. The van der Waals surface area contributed by atoms with E-state index in [9.17, 15) is 4.79 Å². The summed E-state index contributed by atoms with van der Waals surface area (Å²) in [5.74, 6) is -0.00407. The third kappa shape index (κ3) is 2.05. The molecular weight excluding hydrogens is 186 g/mol. The van der Waals surface area contributed by atoms with Crippen molar-refractivity contribution >= 4 is 11.5 Å². The molecule has 0 aromatic heterocycles. The molecular formula is C13H10NO. The average Bonchev–Trinajstić information content (AvgIpc) is 2.30. The molecule has 0 bridgehead atoms. The van der Waals surface area contributed by atoms with Crippen LogP contribution < -0.4 is 5.73 Å². The number of ketones is 1. The first-order valence-corrected chi connectivity index (χ1v) is 4.69. The second-order valence-electron chi connectivity index (χ2n) is 3.27. The third-order valence-corrected chi connectivity index (χ3v) is 2.18. The Morgan fingerprint density at radius 2 is 1.33 bits per heavy atom. The van der Waals surface area contributed by atoms with Crippen molar-refractivity contribution in [3.8, 4) is 0 Å². The molecule has 2 aromatic carbocycles. The Morgan fingerprint density at radius 3 is 1.93 bits per heavy atom. The van der Waals surface area contributed by atoms with Crippen LogP contribution in [0.15, 0.2) is 54.6 Å². The van der Waals surface area contributed by atoms with Crippen LogP contribution in [0.3, 0.4) is 0 Å². The van der Waals surface area contributed by atoms with Crippen LogP contribution in [-0.2, 0) is 0 Å². The van der Waals surface area contributed by atoms with Crippen molar-refractivity contribution in [2.75, 3.05) is 0 Å². The van der Waals surface area contributed by atoms with Crippen LogP contribution in [0, 0.1) is 0 Å². The van der Waals surface area contributed by atoms with Crippen molar-refractivity contribution in [3.63, 3.8) is 0 Å². The van der Waals surface area contributed by atoms with E-state index in [-0.39, 0.29) is 5.78 Å². The molecule has 15 heavy (non-hydrogen) atoms. The summed E-state index contributed by atoms with van der Waals surface area (Å²) >= 11 is 0. The van der Waals surface area contributed by atoms with Crippen LogP contribution in [0.1, 0.15) is 15.9 Å². The molecule has 0 atom stereocenters. The fraction of sp³-hybridized carbons (Fsp3) is 0. The zero-order valence-corrected chi connectivity index (χ0v) is 8.10. The Labute approximate surface area is 88.4 Å². The zero-order valence-electron chi connectivity index (χ0n) is 8.10. The van der Waals surface area contributed by atoms with E-state index in [4.69, 9.17) is 5.73 Å². The fourth-order valence-electron chi connectivity index (χ4n) is 1.38. The molecule has 0 saturated heterocycles. The number of hydrogen-bond acceptors (Lipinski definition) is 1. The maximum atomic E-state index is 11.9. The van der Waals surface area contributed by atoms with E-state index in [0.29, 0.717) is 16.8 Å². The first-order valence-electron chi connectivity index (χ1n) is 4.69. The minimum Gasteiger partial charge on any atom is -0.301 e. The quantitative estimate of drug-likeness (QED) is 0.681. The summed E-state index contributed by atoms with van der Waals surface area (Å²) in [4.78, 5) is 11.9. The van der Waals surface area contributed by atoms with Gasteiger partial charge in [-0.1, -0.05) is 30.3 Å². The molecule has 0 aliphatic carbocycles. The Balaban J connectivity index is 2.33. The first-order chi connectivity index (χ1) is 7.27. The number of rotatable bonds is 2. The normalized spacial score (nSPS) is 9.87. The molecule has 0 aliphatic heterocycles. The van der Waals surface area contributed by atoms with Crippen LogP contribution >= 0.6 is 0 Å². The molecule has 2 aromatic rings. The van der Waals surface area contributed by atoms with Crippen molar-refractivity contribution in [2.45, 2.75) is 0 Å². The van der Waals surface area contributed by atoms with Crippen molar-refractivity contribution in [1.29, 1.82) is 0 Å². The molecule has 1 N–H and O–H groups in total. The SMILES string of the molecule is [NH]c1ccc(C(=O)c2ccccc2)cc1. The molecule has 0 saturated carbocycles. The number of carbonyl (C=O) groups excluding carboxylic acids is 1. The van der Waals surface area contributed by atoms with E-state index in [1.54, 1.807) is 36.4 Å². The van der Waals surface area contributed by atoms with Gasteiger partial charge in [0.05, 0.1) is 5.69 Å². The van der Waals surface area contributed by atoms with Crippen LogP contribution in [-0.4, -0.2) is 5.78 Å². The highest BCUT2D eigenvalue weighted by atomic mass is 16.1. The molecule has 0 unspecified atom stereocenters. The zero-order chi connectivity index (χ0) is 10.7. The van der Waals surface area contributed by atoms with Crippen molar-refractivity contribution in [1.82, 2.24) is 5.73 Å². The molecule has 0 aliphatic rings. The van der Waals surface area contributed by atoms with Gasteiger partial charge in [-0.3, -0.25) is 4.79 Å². The van der Waals surface area contributed by atoms with Crippen LogP contribution in [0.5, 0.6) is 0 Å². The highest BCUT2D eigenvalue weighted by molar-refractivity contribution is 6.09. The molecule has 0 heterocycles.